The Labute approximate surface area is 150 Å². The summed E-state index contributed by atoms with van der Waals surface area (Å²) in [5.41, 5.74) is 1.64. The van der Waals surface area contributed by atoms with Gasteiger partial charge in [-0.15, -0.1) is 0 Å². The second-order valence-electron chi connectivity index (χ2n) is 5.18. The van der Waals surface area contributed by atoms with Crippen molar-refractivity contribution in [3.63, 3.8) is 0 Å². The van der Waals surface area contributed by atoms with E-state index in [1.165, 1.54) is 26.4 Å². The number of carbonyl (C=O) groups is 2. The minimum Gasteiger partial charge on any atom is -0.497 e. The number of carbonyl (C=O) groups excluding carboxylic acids is 2. The number of hydrogen-bond acceptors (Lipinski definition) is 5. The molecule has 0 unspecified atom stereocenters. The average molecular weight is 364 g/mol. The van der Waals surface area contributed by atoms with Gasteiger partial charge in [-0.1, -0.05) is 11.6 Å². The fourth-order valence-corrected chi connectivity index (χ4v) is 2.32. The monoisotopic (exact) mass is 363 g/mol. The van der Waals surface area contributed by atoms with Gasteiger partial charge in [-0.3, -0.25) is 4.79 Å². The van der Waals surface area contributed by atoms with Crippen LogP contribution in [0, 0.1) is 6.92 Å². The Morgan fingerprint density at radius 3 is 2.24 bits per heavy atom. The number of amides is 1. The molecular weight excluding hydrogens is 346 g/mol. The highest BCUT2D eigenvalue weighted by Gasteiger charge is 2.14. The molecule has 6 nitrogen and oxygen atoms in total. The third-order valence-electron chi connectivity index (χ3n) is 3.38. The Morgan fingerprint density at radius 2 is 1.68 bits per heavy atom. The van der Waals surface area contributed by atoms with Gasteiger partial charge in [0.05, 0.1) is 19.8 Å². The first-order valence-electron chi connectivity index (χ1n) is 7.39. The van der Waals surface area contributed by atoms with Gasteiger partial charge in [-0.2, -0.15) is 0 Å². The lowest BCUT2D eigenvalue weighted by molar-refractivity contribution is -0.119. The molecule has 0 atom stereocenters. The molecule has 0 aliphatic carbocycles. The van der Waals surface area contributed by atoms with E-state index in [2.05, 4.69) is 5.32 Å². The maximum atomic E-state index is 12.1. The molecule has 0 heterocycles. The van der Waals surface area contributed by atoms with Crippen LogP contribution in [0.5, 0.6) is 11.5 Å². The zero-order valence-electron chi connectivity index (χ0n) is 14.1. The number of halogens is 1. The molecule has 25 heavy (non-hydrogen) atoms. The summed E-state index contributed by atoms with van der Waals surface area (Å²) in [5, 5.41) is 3.24. The molecular formula is C18H18ClNO5. The van der Waals surface area contributed by atoms with Crippen molar-refractivity contribution in [1.82, 2.24) is 0 Å². The maximum Gasteiger partial charge on any atom is 0.338 e. The highest BCUT2D eigenvalue weighted by atomic mass is 35.5. The van der Waals surface area contributed by atoms with Gasteiger partial charge in [0, 0.05) is 16.8 Å². The van der Waals surface area contributed by atoms with E-state index in [-0.39, 0.29) is 5.56 Å². The molecule has 0 aliphatic heterocycles. The number of rotatable bonds is 6. The highest BCUT2D eigenvalue weighted by Crippen LogP contribution is 2.23. The van der Waals surface area contributed by atoms with Gasteiger partial charge >= 0.3 is 5.97 Å². The molecule has 2 aromatic carbocycles. The summed E-state index contributed by atoms with van der Waals surface area (Å²) in [6, 6.07) is 9.72. The van der Waals surface area contributed by atoms with Crippen LogP contribution in [0.4, 0.5) is 5.69 Å². The smallest absolute Gasteiger partial charge is 0.338 e. The summed E-state index contributed by atoms with van der Waals surface area (Å²) in [6.45, 7) is 1.40. The van der Waals surface area contributed by atoms with Crippen LogP contribution >= 0.6 is 11.6 Å². The molecule has 0 spiro atoms. The van der Waals surface area contributed by atoms with Crippen molar-refractivity contribution in [3.05, 3.63) is 52.5 Å². The number of nitrogens with one attached hydrogen (secondary N) is 1. The predicted molar refractivity (Wildman–Crippen MR) is 94.6 cm³/mol. The zero-order chi connectivity index (χ0) is 18.4. The summed E-state index contributed by atoms with van der Waals surface area (Å²) in [7, 11) is 2.96. The van der Waals surface area contributed by atoms with Crippen molar-refractivity contribution in [2.75, 3.05) is 26.1 Å². The molecule has 0 bridgehead atoms. The van der Waals surface area contributed by atoms with Gasteiger partial charge in [0.25, 0.3) is 5.91 Å². The number of benzene rings is 2. The largest absolute Gasteiger partial charge is 0.497 e. The minimum atomic E-state index is -0.653. The number of aryl methyl sites for hydroxylation is 1. The standard InChI is InChI=1S/C18H18ClNO5/c1-11-6-13(19)4-5-16(11)20-17(21)10-25-18(22)12-7-14(23-2)9-15(8-12)24-3/h4-9H,10H2,1-3H3,(H,20,21). The van der Waals surface area contributed by atoms with Crippen molar-refractivity contribution in [2.45, 2.75) is 6.92 Å². The van der Waals surface area contributed by atoms with E-state index in [4.69, 9.17) is 25.8 Å². The van der Waals surface area contributed by atoms with Gasteiger partial charge in [0.2, 0.25) is 0 Å². The van der Waals surface area contributed by atoms with Gasteiger partial charge < -0.3 is 19.5 Å². The zero-order valence-corrected chi connectivity index (χ0v) is 14.8. The number of anilines is 1. The van der Waals surface area contributed by atoms with E-state index in [0.29, 0.717) is 22.2 Å². The van der Waals surface area contributed by atoms with Crippen LogP contribution in [0.3, 0.4) is 0 Å². The lowest BCUT2D eigenvalue weighted by Gasteiger charge is -2.10. The summed E-state index contributed by atoms with van der Waals surface area (Å²) >= 11 is 5.87. The molecule has 7 heteroatoms. The molecule has 132 valence electrons. The summed E-state index contributed by atoms with van der Waals surface area (Å²) in [4.78, 5) is 24.1. The van der Waals surface area contributed by atoms with E-state index >= 15 is 0 Å². The van der Waals surface area contributed by atoms with Crippen molar-refractivity contribution in [2.24, 2.45) is 0 Å². The van der Waals surface area contributed by atoms with Gasteiger partial charge in [-0.05, 0) is 42.8 Å². The topological polar surface area (TPSA) is 73.9 Å². The molecule has 0 aromatic heterocycles. The summed E-state index contributed by atoms with van der Waals surface area (Å²) in [5.74, 6) is -0.200. The van der Waals surface area contributed by atoms with E-state index < -0.39 is 18.5 Å². The Hall–Kier alpha value is -2.73. The molecule has 0 aliphatic rings. The predicted octanol–water partition coefficient (Wildman–Crippen LogP) is 3.46. The Morgan fingerprint density at radius 1 is 1.04 bits per heavy atom. The Kier molecular flexibility index (Phi) is 6.25. The maximum absolute atomic E-state index is 12.1. The van der Waals surface area contributed by atoms with E-state index in [1.54, 1.807) is 24.3 Å². The molecule has 0 radical (unpaired) electrons. The van der Waals surface area contributed by atoms with Crippen molar-refractivity contribution >= 4 is 29.2 Å². The molecule has 0 saturated carbocycles. The van der Waals surface area contributed by atoms with Gasteiger partial charge in [-0.25, -0.2) is 4.79 Å². The molecule has 2 rings (SSSR count). The quantitative estimate of drug-likeness (QED) is 0.795. The lowest BCUT2D eigenvalue weighted by Crippen LogP contribution is -2.21. The van der Waals surface area contributed by atoms with Crippen LogP contribution < -0.4 is 14.8 Å². The van der Waals surface area contributed by atoms with Gasteiger partial charge in [0.1, 0.15) is 11.5 Å². The van der Waals surface area contributed by atoms with Crippen LogP contribution in [0.1, 0.15) is 15.9 Å². The molecule has 0 saturated heterocycles. The second-order valence-corrected chi connectivity index (χ2v) is 5.62. The van der Waals surface area contributed by atoms with E-state index in [1.807, 2.05) is 6.92 Å². The molecule has 1 amide bonds. The third kappa shape index (κ3) is 5.12. The normalized spacial score (nSPS) is 10.1. The van der Waals surface area contributed by atoms with Crippen LogP contribution in [-0.2, 0) is 9.53 Å². The van der Waals surface area contributed by atoms with Crippen LogP contribution in [-0.4, -0.2) is 32.7 Å². The van der Waals surface area contributed by atoms with Crippen molar-refractivity contribution in [3.8, 4) is 11.5 Å². The van der Waals surface area contributed by atoms with Crippen LogP contribution in [0.25, 0.3) is 0 Å². The Balaban J connectivity index is 1.98. The molecule has 0 fully saturated rings. The SMILES string of the molecule is COc1cc(OC)cc(C(=O)OCC(=O)Nc2ccc(Cl)cc2C)c1. The van der Waals surface area contributed by atoms with Gasteiger partial charge in [0.15, 0.2) is 6.61 Å². The third-order valence-corrected chi connectivity index (χ3v) is 3.62. The number of ether oxygens (including phenoxy) is 3. The fourth-order valence-electron chi connectivity index (χ4n) is 2.09. The fraction of sp³-hybridized carbons (Fsp3) is 0.222. The Bertz CT molecular complexity index is 769. The van der Waals surface area contributed by atoms with E-state index in [0.717, 1.165) is 5.56 Å². The van der Waals surface area contributed by atoms with E-state index in [9.17, 15) is 9.59 Å². The number of hydrogen-bond donors (Lipinski definition) is 1. The number of esters is 1. The molecule has 2 aromatic rings. The number of methoxy groups -OCH3 is 2. The van der Waals surface area contributed by atoms with Crippen LogP contribution in [0.15, 0.2) is 36.4 Å². The average Bonchev–Trinajstić information content (AvgIpc) is 2.61. The summed E-state index contributed by atoms with van der Waals surface area (Å²) in [6.07, 6.45) is 0. The first-order chi connectivity index (χ1) is 11.9. The van der Waals surface area contributed by atoms with Crippen molar-refractivity contribution < 1.29 is 23.8 Å². The first kappa shape index (κ1) is 18.6. The minimum absolute atomic E-state index is 0.228. The molecule has 1 N–H and O–H groups in total. The van der Waals surface area contributed by atoms with Crippen molar-refractivity contribution in [1.29, 1.82) is 0 Å². The second kappa shape index (κ2) is 8.39. The first-order valence-corrected chi connectivity index (χ1v) is 7.77. The lowest BCUT2D eigenvalue weighted by atomic mass is 10.2. The van der Waals surface area contributed by atoms with Crippen LogP contribution in [0.2, 0.25) is 5.02 Å². The summed E-state index contributed by atoms with van der Waals surface area (Å²) < 4.78 is 15.2. The highest BCUT2D eigenvalue weighted by molar-refractivity contribution is 6.30.